The lowest BCUT2D eigenvalue weighted by Gasteiger charge is -2.20. The highest BCUT2D eigenvalue weighted by Crippen LogP contribution is 2.36. The smallest absolute Gasteiger partial charge is 0.230 e. The van der Waals surface area contributed by atoms with E-state index in [4.69, 9.17) is 9.47 Å². The maximum absolute atomic E-state index is 15.0. The number of ether oxygens (including phenoxy) is 2. The van der Waals surface area contributed by atoms with Gasteiger partial charge in [0.05, 0.1) is 57.6 Å². The van der Waals surface area contributed by atoms with Gasteiger partial charge in [-0.05, 0) is 59.2 Å². The molecule has 206 valence electrons. The van der Waals surface area contributed by atoms with E-state index in [0.29, 0.717) is 27.2 Å². The quantitative estimate of drug-likeness (QED) is 0.317. The number of rotatable bonds is 7. The van der Waals surface area contributed by atoms with Crippen LogP contribution in [0.5, 0.6) is 17.4 Å². The number of carbonyl (C=O) groups is 1. The summed E-state index contributed by atoms with van der Waals surface area (Å²) in [5.41, 5.74) is 1.05. The SMILES string of the molecule is COc1cc2ncnc(Oc3ccc(CC(=O)Nc4cnn(C(C)(C)C)c4)c(F)c3)c2cc1S(=O)C(C)(C)C. The van der Waals surface area contributed by atoms with Crippen LogP contribution in [0, 0.1) is 5.82 Å². The van der Waals surface area contributed by atoms with Crippen molar-refractivity contribution in [2.45, 2.75) is 63.1 Å². The molecule has 1 N–H and O–H groups in total. The normalized spacial score (nSPS) is 12.8. The van der Waals surface area contributed by atoms with Gasteiger partial charge in [-0.2, -0.15) is 5.10 Å². The highest BCUT2D eigenvalue weighted by Gasteiger charge is 2.26. The molecule has 0 radical (unpaired) electrons. The van der Waals surface area contributed by atoms with Crippen molar-refractivity contribution in [1.29, 1.82) is 0 Å². The number of methoxy groups -OCH3 is 1. The molecular weight excluding hydrogens is 521 g/mol. The van der Waals surface area contributed by atoms with Gasteiger partial charge in [0, 0.05) is 23.1 Å². The van der Waals surface area contributed by atoms with Crippen LogP contribution in [-0.2, 0) is 27.6 Å². The zero-order chi connectivity index (χ0) is 28.5. The van der Waals surface area contributed by atoms with Gasteiger partial charge >= 0.3 is 0 Å². The van der Waals surface area contributed by atoms with Crippen molar-refractivity contribution in [3.8, 4) is 17.4 Å². The van der Waals surface area contributed by atoms with E-state index in [1.54, 1.807) is 35.3 Å². The van der Waals surface area contributed by atoms with Gasteiger partial charge in [-0.1, -0.05) is 6.07 Å². The largest absolute Gasteiger partial charge is 0.495 e. The van der Waals surface area contributed by atoms with Gasteiger partial charge in [0.2, 0.25) is 11.8 Å². The summed E-state index contributed by atoms with van der Waals surface area (Å²) in [7, 11) is 0.114. The Morgan fingerprint density at radius 1 is 1.10 bits per heavy atom. The Labute approximate surface area is 229 Å². The van der Waals surface area contributed by atoms with Gasteiger partial charge in [0.25, 0.3) is 0 Å². The Balaban J connectivity index is 1.54. The Hall–Kier alpha value is -3.86. The van der Waals surface area contributed by atoms with Crippen LogP contribution in [0.15, 0.2) is 53.9 Å². The van der Waals surface area contributed by atoms with Crippen molar-refractivity contribution >= 4 is 33.3 Å². The molecule has 0 fully saturated rings. The number of benzene rings is 2. The number of hydrogen-bond donors (Lipinski definition) is 1. The molecule has 9 nitrogen and oxygen atoms in total. The fourth-order valence-corrected chi connectivity index (χ4v) is 4.94. The summed E-state index contributed by atoms with van der Waals surface area (Å²) < 4.78 is 40.7. The van der Waals surface area contributed by atoms with Crippen molar-refractivity contribution in [2.24, 2.45) is 0 Å². The van der Waals surface area contributed by atoms with Crippen molar-refractivity contribution in [2.75, 3.05) is 12.4 Å². The molecule has 0 aliphatic carbocycles. The van der Waals surface area contributed by atoms with Crippen molar-refractivity contribution < 1.29 is 22.9 Å². The second-order valence-electron chi connectivity index (χ2n) is 11.0. The molecule has 11 heteroatoms. The number of halogens is 1. The number of carbonyl (C=O) groups excluding carboxylic acids is 1. The zero-order valence-corrected chi connectivity index (χ0v) is 23.9. The first kappa shape index (κ1) is 28.2. The van der Waals surface area contributed by atoms with Crippen LogP contribution in [-0.4, -0.2) is 41.7 Å². The molecule has 39 heavy (non-hydrogen) atoms. The number of amides is 1. The van der Waals surface area contributed by atoms with Crippen LogP contribution in [0.4, 0.5) is 10.1 Å². The van der Waals surface area contributed by atoms with E-state index in [1.807, 2.05) is 41.5 Å². The topological polar surface area (TPSA) is 108 Å². The molecule has 4 aromatic rings. The highest BCUT2D eigenvalue weighted by molar-refractivity contribution is 7.86. The van der Waals surface area contributed by atoms with Crippen LogP contribution in [0.1, 0.15) is 47.1 Å². The second kappa shape index (κ2) is 10.7. The summed E-state index contributed by atoms with van der Waals surface area (Å²) in [6.45, 7) is 11.6. The van der Waals surface area contributed by atoms with Crippen LogP contribution < -0.4 is 14.8 Å². The van der Waals surface area contributed by atoms with Gasteiger partial charge < -0.3 is 14.8 Å². The summed E-state index contributed by atoms with van der Waals surface area (Å²) in [6.07, 6.45) is 4.45. The van der Waals surface area contributed by atoms with E-state index >= 15 is 0 Å². The average molecular weight is 554 g/mol. The van der Waals surface area contributed by atoms with Gasteiger partial charge in [-0.25, -0.2) is 14.4 Å². The summed E-state index contributed by atoms with van der Waals surface area (Å²) in [5, 5.41) is 7.50. The minimum Gasteiger partial charge on any atom is -0.495 e. The van der Waals surface area contributed by atoms with Crippen molar-refractivity contribution in [3.05, 3.63) is 60.4 Å². The molecule has 0 aliphatic heterocycles. The molecule has 2 aromatic carbocycles. The summed E-state index contributed by atoms with van der Waals surface area (Å²) in [6, 6.07) is 7.62. The molecule has 0 saturated carbocycles. The Kier molecular flexibility index (Phi) is 7.74. The maximum Gasteiger partial charge on any atom is 0.230 e. The van der Waals surface area contributed by atoms with Gasteiger partial charge in [0.15, 0.2) is 0 Å². The minimum atomic E-state index is -1.39. The molecule has 0 spiro atoms. The molecule has 2 heterocycles. The number of nitrogens with zero attached hydrogens (tertiary/aromatic N) is 4. The molecular formula is C28H32FN5O4S. The number of nitrogens with one attached hydrogen (secondary N) is 1. The monoisotopic (exact) mass is 553 g/mol. The fourth-order valence-electron chi connectivity index (χ4n) is 3.73. The van der Waals surface area contributed by atoms with E-state index in [1.165, 1.54) is 25.6 Å². The summed E-state index contributed by atoms with van der Waals surface area (Å²) >= 11 is 0. The Morgan fingerprint density at radius 3 is 2.46 bits per heavy atom. The van der Waals surface area contributed by atoms with Gasteiger partial charge in [0.1, 0.15) is 23.6 Å². The van der Waals surface area contributed by atoms with Crippen molar-refractivity contribution in [3.63, 3.8) is 0 Å². The van der Waals surface area contributed by atoms with E-state index in [0.717, 1.165) is 0 Å². The third kappa shape index (κ3) is 6.42. The Morgan fingerprint density at radius 2 is 1.85 bits per heavy atom. The molecule has 0 bridgehead atoms. The lowest BCUT2D eigenvalue weighted by molar-refractivity contribution is -0.115. The Bertz CT molecular complexity index is 1560. The molecule has 1 amide bonds. The highest BCUT2D eigenvalue weighted by atomic mass is 32.2. The number of anilines is 1. The van der Waals surface area contributed by atoms with Crippen molar-refractivity contribution in [1.82, 2.24) is 19.7 Å². The number of aromatic nitrogens is 4. The summed E-state index contributed by atoms with van der Waals surface area (Å²) in [5.74, 6) is -0.151. The number of fused-ring (bicyclic) bond motifs is 1. The lowest BCUT2D eigenvalue weighted by Crippen LogP contribution is -2.22. The second-order valence-corrected chi connectivity index (χ2v) is 13.2. The lowest BCUT2D eigenvalue weighted by atomic mass is 10.1. The molecule has 0 saturated heterocycles. The van der Waals surface area contributed by atoms with Crippen LogP contribution >= 0.6 is 0 Å². The molecule has 4 rings (SSSR count). The molecule has 1 unspecified atom stereocenters. The first-order valence-electron chi connectivity index (χ1n) is 12.3. The molecule has 2 aromatic heterocycles. The maximum atomic E-state index is 15.0. The average Bonchev–Trinajstić information content (AvgIpc) is 3.33. The predicted molar refractivity (Wildman–Crippen MR) is 148 cm³/mol. The third-order valence-electron chi connectivity index (χ3n) is 5.78. The first-order chi connectivity index (χ1) is 18.3. The molecule has 1 atom stereocenters. The molecule has 0 aliphatic rings. The van der Waals surface area contributed by atoms with Gasteiger partial charge in [-0.3, -0.25) is 13.7 Å². The van der Waals surface area contributed by atoms with E-state index in [2.05, 4.69) is 20.4 Å². The predicted octanol–water partition coefficient (Wildman–Crippen LogP) is 5.61. The fraction of sp³-hybridized carbons (Fsp3) is 0.357. The first-order valence-corrected chi connectivity index (χ1v) is 13.5. The zero-order valence-electron chi connectivity index (χ0n) is 23.0. The van der Waals surface area contributed by atoms with Gasteiger partial charge in [-0.15, -0.1) is 0 Å². The van der Waals surface area contributed by atoms with E-state index < -0.39 is 21.4 Å². The third-order valence-corrected chi connectivity index (χ3v) is 7.61. The van der Waals surface area contributed by atoms with E-state index in [9.17, 15) is 13.4 Å². The van der Waals surface area contributed by atoms with Crippen LogP contribution in [0.2, 0.25) is 0 Å². The minimum absolute atomic E-state index is 0.162. The summed E-state index contributed by atoms with van der Waals surface area (Å²) in [4.78, 5) is 21.5. The standard InChI is InChI=1S/C28H32FN5O4S/c1-27(2,3)34-15-18(14-32-34)33-25(35)10-17-8-9-19(11-21(17)29)38-26-20-12-24(39(36)28(4,5)6)23(37-7)13-22(20)30-16-31-26/h8-9,11-16H,10H2,1-7H3,(H,33,35). The van der Waals surface area contributed by atoms with E-state index in [-0.39, 0.29) is 35.1 Å². The van der Waals surface area contributed by atoms with Crippen LogP contribution in [0.3, 0.4) is 0 Å². The number of hydrogen-bond acceptors (Lipinski definition) is 7. The van der Waals surface area contributed by atoms with Crippen LogP contribution in [0.25, 0.3) is 10.9 Å².